The third kappa shape index (κ3) is 5.05. The fourth-order valence-electron chi connectivity index (χ4n) is 1.03. The number of alkyl halides is 3. The van der Waals surface area contributed by atoms with E-state index in [1.807, 2.05) is 0 Å². The molecule has 0 aromatic carbocycles. The predicted molar refractivity (Wildman–Crippen MR) is 61.9 cm³/mol. The van der Waals surface area contributed by atoms with E-state index in [0.717, 1.165) is 11.8 Å². The highest BCUT2D eigenvalue weighted by Crippen LogP contribution is 2.27. The van der Waals surface area contributed by atoms with E-state index >= 15 is 0 Å². The van der Waals surface area contributed by atoms with E-state index in [1.165, 1.54) is 4.68 Å². The van der Waals surface area contributed by atoms with Crippen LogP contribution in [0.4, 0.5) is 8.78 Å². The average molecular weight is 287 g/mol. The van der Waals surface area contributed by atoms with Gasteiger partial charge < -0.3 is 10.6 Å². The largest absolute Gasteiger partial charge is 0.384 e. The van der Waals surface area contributed by atoms with Crippen LogP contribution in [0.15, 0.2) is 5.16 Å². The number of hydrogen-bond acceptors (Lipinski definition) is 5. The number of methoxy groups -OCH3 is 1. The van der Waals surface area contributed by atoms with E-state index in [-0.39, 0.29) is 5.75 Å². The van der Waals surface area contributed by atoms with Gasteiger partial charge in [-0.1, -0.05) is 11.8 Å². The lowest BCUT2D eigenvalue weighted by Crippen LogP contribution is -2.16. The van der Waals surface area contributed by atoms with Crippen molar-refractivity contribution in [1.29, 1.82) is 0 Å². The average Bonchev–Trinajstić information content (AvgIpc) is 2.56. The van der Waals surface area contributed by atoms with Crippen molar-refractivity contribution in [1.82, 2.24) is 14.9 Å². The summed E-state index contributed by atoms with van der Waals surface area (Å²) in [6.45, 7) is 0.472. The Labute approximate surface area is 107 Å². The van der Waals surface area contributed by atoms with Gasteiger partial charge in [-0.25, -0.2) is 4.68 Å². The molecule has 0 saturated carbocycles. The van der Waals surface area contributed by atoms with Crippen LogP contribution in [0.2, 0.25) is 0 Å². The lowest BCUT2D eigenvalue weighted by atomic mass is 10.4. The molecule has 0 radical (unpaired) electrons. The number of rotatable bonds is 7. The summed E-state index contributed by atoms with van der Waals surface area (Å²) in [5, 5.41) is 4.83. The van der Waals surface area contributed by atoms with Crippen LogP contribution in [0.5, 0.6) is 0 Å². The number of nitrogens with two attached hydrogens (primary N) is 1. The molecule has 17 heavy (non-hydrogen) atoms. The molecule has 1 aromatic rings. The van der Waals surface area contributed by atoms with Gasteiger partial charge in [-0.3, -0.25) is 0 Å². The maximum absolute atomic E-state index is 12.4. The van der Waals surface area contributed by atoms with Crippen LogP contribution in [0.3, 0.4) is 0 Å². The molecule has 98 valence electrons. The molecule has 0 aliphatic carbocycles. The highest BCUT2D eigenvalue weighted by atomic mass is 35.5. The molecule has 0 spiro atoms. The number of halogens is 3. The molecular weight excluding hydrogens is 274 g/mol. The summed E-state index contributed by atoms with van der Waals surface area (Å²) in [5.41, 5.74) is 0. The molecule has 1 rings (SSSR count). The third-order valence-corrected chi connectivity index (χ3v) is 3.02. The predicted octanol–water partition coefficient (Wildman–Crippen LogP) is 1.49. The van der Waals surface area contributed by atoms with Gasteiger partial charge in [0.05, 0.1) is 6.61 Å². The minimum Gasteiger partial charge on any atom is -0.384 e. The summed E-state index contributed by atoms with van der Waals surface area (Å²) in [5.74, 6) is 6.36. The van der Waals surface area contributed by atoms with E-state index in [9.17, 15) is 8.78 Å². The topological polar surface area (TPSA) is 66.0 Å². The molecule has 5 nitrogen and oxygen atoms in total. The summed E-state index contributed by atoms with van der Waals surface area (Å²) in [7, 11) is 1.56. The molecule has 0 aliphatic rings. The van der Waals surface area contributed by atoms with Gasteiger partial charge in [0.2, 0.25) is 5.16 Å². The summed E-state index contributed by atoms with van der Waals surface area (Å²) in [6, 6.07) is 0. The second kappa shape index (κ2) is 6.36. The second-order valence-electron chi connectivity index (χ2n) is 3.23. The van der Waals surface area contributed by atoms with Crippen molar-refractivity contribution in [2.24, 2.45) is 0 Å². The number of hydrogen-bond donors (Lipinski definition) is 1. The molecule has 0 atom stereocenters. The first-order valence-electron chi connectivity index (χ1n) is 4.82. The fraction of sp³-hybridized carbons (Fsp3) is 0.750. The van der Waals surface area contributed by atoms with Crippen LogP contribution in [0, 0.1) is 0 Å². The Hall–Kier alpha value is -0.600. The zero-order chi connectivity index (χ0) is 12.9. The van der Waals surface area contributed by atoms with Crippen molar-refractivity contribution in [3.63, 3.8) is 0 Å². The smallest absolute Gasteiger partial charge is 0.322 e. The normalized spacial score (nSPS) is 12.0. The zero-order valence-corrected chi connectivity index (χ0v) is 10.8. The van der Waals surface area contributed by atoms with Crippen molar-refractivity contribution in [2.45, 2.75) is 23.4 Å². The molecule has 0 saturated heterocycles. The molecular formula is C8H13ClF2N4OS. The Morgan fingerprint density at radius 1 is 1.53 bits per heavy atom. The van der Waals surface area contributed by atoms with Crippen LogP contribution in [-0.2, 0) is 11.2 Å². The highest BCUT2D eigenvalue weighted by Gasteiger charge is 2.24. The van der Waals surface area contributed by atoms with Crippen molar-refractivity contribution < 1.29 is 13.5 Å². The number of nitrogen functional groups attached to an aromatic ring is 1. The molecule has 1 heterocycles. The number of aromatic nitrogens is 3. The first kappa shape index (κ1) is 14.5. The minimum absolute atomic E-state index is 0.121. The standard InChI is InChI=1S/C8H13ClF2N4OS/c1-16-4-2-6-13-14-7(15(6)12)17-5-3-8(9,10)11/h2-5,12H2,1H3. The molecule has 9 heteroatoms. The highest BCUT2D eigenvalue weighted by molar-refractivity contribution is 7.99. The van der Waals surface area contributed by atoms with Gasteiger partial charge in [-0.15, -0.1) is 10.2 Å². The van der Waals surface area contributed by atoms with Crippen LogP contribution in [0.25, 0.3) is 0 Å². The molecule has 0 aliphatic heterocycles. The fourth-order valence-corrected chi connectivity index (χ4v) is 2.12. The van der Waals surface area contributed by atoms with E-state index in [2.05, 4.69) is 10.2 Å². The first-order valence-corrected chi connectivity index (χ1v) is 6.18. The van der Waals surface area contributed by atoms with Gasteiger partial charge in [0, 0.05) is 25.7 Å². The van der Waals surface area contributed by atoms with Crippen LogP contribution < -0.4 is 5.84 Å². The van der Waals surface area contributed by atoms with Crippen molar-refractivity contribution in [2.75, 3.05) is 25.3 Å². The second-order valence-corrected chi connectivity index (χ2v) is 4.84. The molecule has 0 bridgehead atoms. The minimum atomic E-state index is -3.19. The van der Waals surface area contributed by atoms with Gasteiger partial charge in [-0.05, 0) is 11.6 Å². The zero-order valence-electron chi connectivity index (χ0n) is 9.20. The van der Waals surface area contributed by atoms with Crippen LogP contribution >= 0.6 is 23.4 Å². The van der Waals surface area contributed by atoms with Gasteiger partial charge in [0.25, 0.3) is 0 Å². The van der Waals surface area contributed by atoms with E-state index in [4.69, 9.17) is 22.2 Å². The Bertz CT molecular complexity index is 358. The van der Waals surface area contributed by atoms with E-state index < -0.39 is 11.8 Å². The van der Waals surface area contributed by atoms with Crippen molar-refractivity contribution >= 4 is 23.4 Å². The van der Waals surface area contributed by atoms with Gasteiger partial charge in [-0.2, -0.15) is 8.78 Å². The lowest BCUT2D eigenvalue weighted by Gasteiger charge is -2.06. The third-order valence-electron chi connectivity index (χ3n) is 1.88. The van der Waals surface area contributed by atoms with Gasteiger partial charge in [0.1, 0.15) is 0 Å². The molecule has 0 amide bonds. The van der Waals surface area contributed by atoms with Gasteiger partial charge in [0.15, 0.2) is 5.82 Å². The van der Waals surface area contributed by atoms with Crippen molar-refractivity contribution in [3.8, 4) is 0 Å². The van der Waals surface area contributed by atoms with E-state index in [0.29, 0.717) is 24.0 Å². The van der Waals surface area contributed by atoms with Crippen molar-refractivity contribution in [3.05, 3.63) is 5.82 Å². The molecule has 1 aromatic heterocycles. The Morgan fingerprint density at radius 3 is 2.82 bits per heavy atom. The molecule has 2 N–H and O–H groups in total. The summed E-state index contributed by atoms with van der Waals surface area (Å²) >= 11 is 5.86. The summed E-state index contributed by atoms with van der Waals surface area (Å²) in [6.07, 6.45) is 0.0751. The quantitative estimate of drug-likeness (QED) is 0.467. The molecule has 0 fully saturated rings. The Balaban J connectivity index is 2.46. The molecule has 0 unspecified atom stereocenters. The maximum atomic E-state index is 12.4. The Morgan fingerprint density at radius 2 is 2.24 bits per heavy atom. The summed E-state index contributed by atoms with van der Waals surface area (Å²) in [4.78, 5) is 0. The number of ether oxygens (including phenoxy) is 1. The van der Waals surface area contributed by atoms with E-state index in [1.54, 1.807) is 7.11 Å². The first-order chi connectivity index (χ1) is 7.94. The summed E-state index contributed by atoms with van der Waals surface area (Å²) < 4.78 is 30.9. The monoisotopic (exact) mass is 286 g/mol. The van der Waals surface area contributed by atoms with Crippen LogP contribution in [-0.4, -0.2) is 39.7 Å². The lowest BCUT2D eigenvalue weighted by molar-refractivity contribution is 0.0934. The Kier molecular flexibility index (Phi) is 5.41. The SMILES string of the molecule is COCCc1nnc(SCCC(F)(F)Cl)n1N. The van der Waals surface area contributed by atoms with Gasteiger partial charge >= 0.3 is 5.38 Å². The number of thioether (sulfide) groups is 1. The number of nitrogens with zero attached hydrogens (tertiary/aromatic N) is 3. The maximum Gasteiger partial charge on any atom is 0.322 e. The van der Waals surface area contributed by atoms with Crippen LogP contribution in [0.1, 0.15) is 12.2 Å².